The van der Waals surface area contributed by atoms with Crippen LogP contribution in [0.2, 0.25) is 0 Å². The van der Waals surface area contributed by atoms with Crippen LogP contribution < -0.4 is 10.6 Å². The number of benzene rings is 1. The monoisotopic (exact) mass is 362 g/mol. The van der Waals surface area contributed by atoms with Crippen LogP contribution in [0.25, 0.3) is 0 Å². The van der Waals surface area contributed by atoms with Gasteiger partial charge in [-0.25, -0.2) is 4.79 Å². The van der Waals surface area contributed by atoms with Gasteiger partial charge < -0.3 is 15.4 Å². The standard InChI is InChI=1S/C19H26N2O3S/c1-2-24-18(23)15-9-11-16(12-10-15)20-19(25)21-17(22)13-8-14-6-4-3-5-7-14/h9-12,14H,2-8,13H2,1H3,(H2,20,21,22,25). The Morgan fingerprint density at radius 2 is 1.84 bits per heavy atom. The van der Waals surface area contributed by atoms with E-state index in [4.69, 9.17) is 17.0 Å². The molecule has 1 saturated carbocycles. The molecule has 1 amide bonds. The molecule has 0 heterocycles. The lowest BCUT2D eigenvalue weighted by molar-refractivity contribution is -0.120. The van der Waals surface area contributed by atoms with Crippen LogP contribution in [0.15, 0.2) is 24.3 Å². The maximum atomic E-state index is 12.0. The van der Waals surface area contributed by atoms with E-state index in [9.17, 15) is 9.59 Å². The smallest absolute Gasteiger partial charge is 0.338 e. The van der Waals surface area contributed by atoms with Crippen molar-refractivity contribution in [2.45, 2.75) is 51.9 Å². The Labute approximate surface area is 154 Å². The first-order valence-electron chi connectivity index (χ1n) is 8.96. The molecule has 2 rings (SSSR count). The van der Waals surface area contributed by atoms with Crippen LogP contribution in [0.4, 0.5) is 5.69 Å². The number of carbonyl (C=O) groups is 2. The predicted octanol–water partition coefficient (Wildman–Crippen LogP) is 4.04. The summed E-state index contributed by atoms with van der Waals surface area (Å²) in [5.41, 5.74) is 1.19. The molecule has 0 saturated heterocycles. The van der Waals surface area contributed by atoms with Crippen LogP contribution in [0, 0.1) is 5.92 Å². The topological polar surface area (TPSA) is 67.4 Å². The lowest BCUT2D eigenvalue weighted by Gasteiger charge is -2.21. The van der Waals surface area contributed by atoms with E-state index in [1.165, 1.54) is 32.1 Å². The lowest BCUT2D eigenvalue weighted by Crippen LogP contribution is -2.34. The van der Waals surface area contributed by atoms with Crippen LogP contribution >= 0.6 is 12.2 Å². The van der Waals surface area contributed by atoms with Crippen molar-refractivity contribution in [1.29, 1.82) is 0 Å². The molecule has 6 heteroatoms. The molecule has 136 valence electrons. The summed E-state index contributed by atoms with van der Waals surface area (Å²) in [5, 5.41) is 5.95. The lowest BCUT2D eigenvalue weighted by atomic mass is 9.86. The molecular formula is C19H26N2O3S. The molecule has 2 N–H and O–H groups in total. The zero-order valence-electron chi connectivity index (χ0n) is 14.7. The highest BCUT2D eigenvalue weighted by Gasteiger charge is 2.15. The molecule has 0 unspecified atom stereocenters. The Bertz CT molecular complexity index is 595. The average Bonchev–Trinajstić information content (AvgIpc) is 2.61. The largest absolute Gasteiger partial charge is 0.462 e. The fourth-order valence-electron chi connectivity index (χ4n) is 3.07. The Morgan fingerprint density at radius 3 is 2.48 bits per heavy atom. The molecule has 25 heavy (non-hydrogen) atoms. The van der Waals surface area contributed by atoms with Crippen LogP contribution in [-0.2, 0) is 9.53 Å². The predicted molar refractivity (Wildman–Crippen MR) is 103 cm³/mol. The van der Waals surface area contributed by atoms with Gasteiger partial charge in [-0.1, -0.05) is 32.1 Å². The van der Waals surface area contributed by atoms with Gasteiger partial charge in [0.05, 0.1) is 12.2 Å². The Hall–Kier alpha value is -1.95. The van der Waals surface area contributed by atoms with Gasteiger partial charge in [-0.15, -0.1) is 0 Å². The molecule has 0 radical (unpaired) electrons. The van der Waals surface area contributed by atoms with E-state index in [-0.39, 0.29) is 17.0 Å². The number of thiocarbonyl (C=S) groups is 1. The number of ether oxygens (including phenoxy) is 1. The summed E-state index contributed by atoms with van der Waals surface area (Å²) in [6, 6.07) is 6.78. The van der Waals surface area contributed by atoms with Gasteiger partial charge in [-0.3, -0.25) is 4.79 Å². The second kappa shape index (κ2) is 10.1. The summed E-state index contributed by atoms with van der Waals surface area (Å²) in [6.07, 6.45) is 7.82. The summed E-state index contributed by atoms with van der Waals surface area (Å²) in [4.78, 5) is 23.6. The molecule has 1 aliphatic rings. The highest BCUT2D eigenvalue weighted by atomic mass is 32.1. The van der Waals surface area contributed by atoms with Crippen molar-refractivity contribution in [2.24, 2.45) is 5.92 Å². The zero-order chi connectivity index (χ0) is 18.1. The molecule has 1 aliphatic carbocycles. The van der Waals surface area contributed by atoms with Gasteiger partial charge in [0.25, 0.3) is 0 Å². The molecule has 5 nitrogen and oxygen atoms in total. The van der Waals surface area contributed by atoms with Crippen LogP contribution in [0.1, 0.15) is 62.2 Å². The fraction of sp³-hybridized carbons (Fsp3) is 0.526. The van der Waals surface area contributed by atoms with E-state index in [0.717, 1.165) is 6.42 Å². The third-order valence-electron chi connectivity index (χ3n) is 4.41. The molecular weight excluding hydrogens is 336 g/mol. The first-order chi connectivity index (χ1) is 12.1. The quantitative estimate of drug-likeness (QED) is 0.590. The Morgan fingerprint density at radius 1 is 1.16 bits per heavy atom. The van der Waals surface area contributed by atoms with Gasteiger partial charge in [-0.05, 0) is 55.7 Å². The number of hydrogen-bond donors (Lipinski definition) is 2. The maximum Gasteiger partial charge on any atom is 0.338 e. The second-order valence-electron chi connectivity index (χ2n) is 6.34. The number of hydrogen-bond acceptors (Lipinski definition) is 4. The molecule has 1 fully saturated rings. The third-order valence-corrected chi connectivity index (χ3v) is 4.62. The minimum Gasteiger partial charge on any atom is -0.462 e. The van der Waals surface area contributed by atoms with Gasteiger partial charge in [0.1, 0.15) is 0 Å². The zero-order valence-corrected chi connectivity index (χ0v) is 15.5. The van der Waals surface area contributed by atoms with E-state index >= 15 is 0 Å². The summed E-state index contributed by atoms with van der Waals surface area (Å²) >= 11 is 5.17. The SMILES string of the molecule is CCOC(=O)c1ccc(NC(=S)NC(=O)CCC2CCCCC2)cc1. The minimum absolute atomic E-state index is 0.0498. The van der Waals surface area contributed by atoms with Gasteiger partial charge in [0.2, 0.25) is 5.91 Å². The highest BCUT2D eigenvalue weighted by Crippen LogP contribution is 2.27. The van der Waals surface area contributed by atoms with Gasteiger partial charge in [-0.2, -0.15) is 0 Å². The van der Waals surface area contributed by atoms with E-state index in [0.29, 0.717) is 30.2 Å². The van der Waals surface area contributed by atoms with Crippen molar-refractivity contribution in [3.8, 4) is 0 Å². The minimum atomic E-state index is -0.354. The molecule has 0 aromatic heterocycles. The third kappa shape index (κ3) is 6.82. The van der Waals surface area contributed by atoms with Crippen LogP contribution in [0.5, 0.6) is 0 Å². The molecule has 1 aromatic rings. The van der Waals surface area contributed by atoms with Crippen LogP contribution in [-0.4, -0.2) is 23.6 Å². The van der Waals surface area contributed by atoms with Gasteiger partial charge in [0, 0.05) is 12.1 Å². The normalized spacial score (nSPS) is 14.6. The second-order valence-corrected chi connectivity index (χ2v) is 6.75. The molecule has 0 spiro atoms. The summed E-state index contributed by atoms with van der Waals surface area (Å²) < 4.78 is 4.94. The number of anilines is 1. The van der Waals surface area contributed by atoms with Crippen molar-refractivity contribution in [3.63, 3.8) is 0 Å². The maximum absolute atomic E-state index is 12.0. The average molecular weight is 362 g/mol. The van der Waals surface area contributed by atoms with Gasteiger partial charge in [0.15, 0.2) is 5.11 Å². The first kappa shape index (κ1) is 19.4. The first-order valence-corrected chi connectivity index (χ1v) is 9.37. The van der Waals surface area contributed by atoms with Crippen molar-refractivity contribution in [1.82, 2.24) is 5.32 Å². The number of amides is 1. The Balaban J connectivity index is 1.73. The Kier molecular flexibility index (Phi) is 7.85. The number of esters is 1. The number of carbonyl (C=O) groups excluding carboxylic acids is 2. The van der Waals surface area contributed by atoms with E-state index in [1.807, 2.05) is 0 Å². The summed E-state index contributed by atoms with van der Waals surface area (Å²) in [6.45, 7) is 2.11. The van der Waals surface area contributed by atoms with E-state index in [1.54, 1.807) is 31.2 Å². The van der Waals surface area contributed by atoms with Crippen molar-refractivity contribution in [2.75, 3.05) is 11.9 Å². The van der Waals surface area contributed by atoms with Crippen molar-refractivity contribution < 1.29 is 14.3 Å². The number of rotatable bonds is 6. The molecule has 0 bridgehead atoms. The molecule has 0 aliphatic heterocycles. The summed E-state index contributed by atoms with van der Waals surface area (Å²) in [7, 11) is 0. The van der Waals surface area contributed by atoms with E-state index < -0.39 is 0 Å². The molecule has 0 atom stereocenters. The van der Waals surface area contributed by atoms with Crippen molar-refractivity contribution >= 4 is 34.9 Å². The van der Waals surface area contributed by atoms with Crippen molar-refractivity contribution in [3.05, 3.63) is 29.8 Å². The van der Waals surface area contributed by atoms with E-state index in [2.05, 4.69) is 10.6 Å². The van der Waals surface area contributed by atoms with Gasteiger partial charge >= 0.3 is 5.97 Å². The number of nitrogens with one attached hydrogen (secondary N) is 2. The fourth-order valence-corrected chi connectivity index (χ4v) is 3.30. The van der Waals surface area contributed by atoms with Crippen LogP contribution in [0.3, 0.4) is 0 Å². The molecule has 1 aromatic carbocycles. The summed E-state index contributed by atoms with van der Waals surface area (Å²) in [5.74, 6) is 0.273. The highest BCUT2D eigenvalue weighted by molar-refractivity contribution is 7.80.